The number of hydrogen-bond acceptors (Lipinski definition) is 4. The first-order valence-corrected chi connectivity index (χ1v) is 11.4. The number of aryl methyl sites for hydroxylation is 1. The Balaban J connectivity index is 1.77. The molecule has 1 N–H and O–H groups in total. The predicted octanol–water partition coefficient (Wildman–Crippen LogP) is 4.25. The summed E-state index contributed by atoms with van der Waals surface area (Å²) in [5.41, 5.74) is 1.31. The molecule has 1 aliphatic heterocycles. The third-order valence-electron chi connectivity index (χ3n) is 5.38. The molecule has 1 heterocycles. The third kappa shape index (κ3) is 6.94. The van der Waals surface area contributed by atoms with Crippen LogP contribution in [-0.2, 0) is 22.6 Å². The summed E-state index contributed by atoms with van der Waals surface area (Å²) < 4.78 is 24.6. The minimum atomic E-state index is -0.623. The van der Waals surface area contributed by atoms with Gasteiger partial charge in [-0.2, -0.15) is 0 Å². The average molecular weight is 457 g/mol. The maximum atomic E-state index is 13.4. The van der Waals surface area contributed by atoms with Crippen molar-refractivity contribution in [2.75, 3.05) is 13.2 Å². The highest BCUT2D eigenvalue weighted by Gasteiger charge is 2.30. The fourth-order valence-corrected chi connectivity index (χ4v) is 3.80. The molecule has 33 heavy (non-hydrogen) atoms. The normalized spacial score (nSPS) is 13.8. The summed E-state index contributed by atoms with van der Waals surface area (Å²) in [4.78, 5) is 28.0. The fourth-order valence-electron chi connectivity index (χ4n) is 3.80. The van der Waals surface area contributed by atoms with Gasteiger partial charge in [0.05, 0.1) is 0 Å². The van der Waals surface area contributed by atoms with Gasteiger partial charge in [0.1, 0.15) is 25.1 Å². The quantitative estimate of drug-likeness (QED) is 0.645. The molecule has 3 rings (SSSR count). The molecule has 2 amide bonds. The lowest BCUT2D eigenvalue weighted by Gasteiger charge is -2.33. The van der Waals surface area contributed by atoms with Crippen LogP contribution in [0, 0.1) is 5.82 Å². The van der Waals surface area contributed by atoms with E-state index in [4.69, 9.17) is 9.47 Å². The first kappa shape index (κ1) is 24.6. The monoisotopic (exact) mass is 456 g/mol. The molecule has 0 unspecified atom stereocenters. The second-order valence-electron chi connectivity index (χ2n) is 9.29. The summed E-state index contributed by atoms with van der Waals surface area (Å²) in [7, 11) is 0. The molecule has 178 valence electrons. The summed E-state index contributed by atoms with van der Waals surface area (Å²) in [6.45, 7) is 8.87. The number of carbonyl (C=O) groups is 2. The second kappa shape index (κ2) is 10.7. The molecular weight excluding hydrogens is 423 g/mol. The number of carbonyl (C=O) groups excluding carboxylic acids is 2. The minimum absolute atomic E-state index is 0.134. The van der Waals surface area contributed by atoms with Gasteiger partial charge < -0.3 is 19.7 Å². The van der Waals surface area contributed by atoms with Crippen LogP contribution >= 0.6 is 0 Å². The Hall–Kier alpha value is -3.09. The SMILES string of the molecule is CC[C@H](C(=O)NC(C)(C)C)N(Cc1ccc(F)cc1)C(=O)CCc1ccc2c(c1)OCCO2. The molecule has 0 aliphatic carbocycles. The number of benzene rings is 2. The van der Waals surface area contributed by atoms with E-state index in [0.29, 0.717) is 37.6 Å². The molecular formula is C26H33FN2O4. The number of hydrogen-bond donors (Lipinski definition) is 1. The van der Waals surface area contributed by atoms with Crippen LogP contribution in [0.15, 0.2) is 42.5 Å². The number of nitrogens with zero attached hydrogens (tertiary/aromatic N) is 1. The van der Waals surface area contributed by atoms with E-state index < -0.39 is 11.6 Å². The van der Waals surface area contributed by atoms with Crippen molar-refractivity contribution in [1.29, 1.82) is 0 Å². The Kier molecular flexibility index (Phi) is 7.95. The van der Waals surface area contributed by atoms with E-state index in [9.17, 15) is 14.0 Å². The zero-order valence-corrected chi connectivity index (χ0v) is 19.8. The van der Waals surface area contributed by atoms with Gasteiger partial charge in [0.25, 0.3) is 0 Å². The highest BCUT2D eigenvalue weighted by molar-refractivity contribution is 5.88. The van der Waals surface area contributed by atoms with E-state index in [2.05, 4.69) is 5.32 Å². The summed E-state index contributed by atoms with van der Waals surface area (Å²) in [5.74, 6) is 0.724. The number of amides is 2. The molecule has 2 aromatic carbocycles. The molecule has 2 aromatic rings. The molecule has 0 spiro atoms. The highest BCUT2D eigenvalue weighted by Crippen LogP contribution is 2.31. The lowest BCUT2D eigenvalue weighted by Crippen LogP contribution is -2.53. The minimum Gasteiger partial charge on any atom is -0.486 e. The van der Waals surface area contributed by atoms with Crippen LogP contribution in [0.25, 0.3) is 0 Å². The van der Waals surface area contributed by atoms with Crippen molar-refractivity contribution in [3.05, 3.63) is 59.4 Å². The van der Waals surface area contributed by atoms with Crippen LogP contribution < -0.4 is 14.8 Å². The van der Waals surface area contributed by atoms with Crippen LogP contribution in [0.2, 0.25) is 0 Å². The molecule has 6 nitrogen and oxygen atoms in total. The van der Waals surface area contributed by atoms with Crippen LogP contribution in [0.4, 0.5) is 4.39 Å². The van der Waals surface area contributed by atoms with E-state index in [1.165, 1.54) is 12.1 Å². The third-order valence-corrected chi connectivity index (χ3v) is 5.38. The molecule has 0 saturated heterocycles. The number of nitrogens with one attached hydrogen (secondary N) is 1. The fraction of sp³-hybridized carbons (Fsp3) is 0.462. The van der Waals surface area contributed by atoms with Crippen molar-refractivity contribution in [2.24, 2.45) is 0 Å². The lowest BCUT2D eigenvalue weighted by molar-refractivity contribution is -0.142. The van der Waals surface area contributed by atoms with E-state index >= 15 is 0 Å². The molecule has 0 fully saturated rings. The van der Waals surface area contributed by atoms with Gasteiger partial charge in [-0.3, -0.25) is 9.59 Å². The lowest BCUT2D eigenvalue weighted by atomic mass is 10.0. The molecule has 1 aliphatic rings. The highest BCUT2D eigenvalue weighted by atomic mass is 19.1. The van der Waals surface area contributed by atoms with Crippen molar-refractivity contribution in [3.63, 3.8) is 0 Å². The Labute approximate surface area is 195 Å². The smallest absolute Gasteiger partial charge is 0.243 e. The van der Waals surface area contributed by atoms with E-state index in [0.717, 1.165) is 11.1 Å². The van der Waals surface area contributed by atoms with Gasteiger partial charge in [0, 0.05) is 18.5 Å². The Bertz CT molecular complexity index is 969. The maximum Gasteiger partial charge on any atom is 0.243 e. The average Bonchev–Trinajstić information content (AvgIpc) is 2.77. The van der Waals surface area contributed by atoms with Crippen LogP contribution in [-0.4, -0.2) is 41.5 Å². The maximum absolute atomic E-state index is 13.4. The second-order valence-corrected chi connectivity index (χ2v) is 9.29. The van der Waals surface area contributed by atoms with Gasteiger partial charge in [0.2, 0.25) is 11.8 Å². The van der Waals surface area contributed by atoms with Crippen molar-refractivity contribution < 1.29 is 23.5 Å². The van der Waals surface area contributed by atoms with Crippen LogP contribution in [0.3, 0.4) is 0 Å². The van der Waals surface area contributed by atoms with Gasteiger partial charge in [-0.25, -0.2) is 4.39 Å². The summed E-state index contributed by atoms with van der Waals surface area (Å²) in [5, 5.41) is 2.99. The Morgan fingerprint density at radius 1 is 1.03 bits per heavy atom. The van der Waals surface area contributed by atoms with E-state index in [1.54, 1.807) is 17.0 Å². The van der Waals surface area contributed by atoms with E-state index in [1.807, 2.05) is 45.9 Å². The first-order valence-electron chi connectivity index (χ1n) is 11.4. The zero-order valence-electron chi connectivity index (χ0n) is 19.8. The Morgan fingerprint density at radius 2 is 1.67 bits per heavy atom. The van der Waals surface area contributed by atoms with Crippen molar-refractivity contribution in [2.45, 2.75) is 65.1 Å². The number of rotatable bonds is 8. The van der Waals surface area contributed by atoms with Gasteiger partial charge in [-0.15, -0.1) is 0 Å². The number of ether oxygens (including phenoxy) is 2. The summed E-state index contributed by atoms with van der Waals surface area (Å²) in [6.07, 6.45) is 1.21. The standard InChI is InChI=1S/C26H33FN2O4/c1-5-21(25(31)28-26(2,3)4)29(17-19-6-10-20(27)11-7-19)24(30)13-9-18-8-12-22-23(16-18)33-15-14-32-22/h6-8,10-12,16,21H,5,9,13-15,17H2,1-4H3,(H,28,31)/t21-/m1/s1. The van der Waals surface area contributed by atoms with Crippen molar-refractivity contribution >= 4 is 11.8 Å². The number of fused-ring (bicyclic) bond motifs is 1. The van der Waals surface area contributed by atoms with Gasteiger partial charge in [-0.1, -0.05) is 25.1 Å². The van der Waals surface area contributed by atoms with Gasteiger partial charge >= 0.3 is 0 Å². The predicted molar refractivity (Wildman–Crippen MR) is 125 cm³/mol. The molecule has 0 saturated carbocycles. The largest absolute Gasteiger partial charge is 0.486 e. The zero-order chi connectivity index (χ0) is 24.0. The van der Waals surface area contributed by atoms with E-state index in [-0.39, 0.29) is 30.6 Å². The molecule has 0 bridgehead atoms. The summed E-state index contributed by atoms with van der Waals surface area (Å²) in [6, 6.07) is 11.1. The molecule has 0 radical (unpaired) electrons. The topological polar surface area (TPSA) is 67.9 Å². The molecule has 1 atom stereocenters. The van der Waals surface area contributed by atoms with Crippen molar-refractivity contribution in [1.82, 2.24) is 10.2 Å². The van der Waals surface area contributed by atoms with Gasteiger partial charge in [0.15, 0.2) is 11.5 Å². The van der Waals surface area contributed by atoms with Crippen LogP contribution in [0.5, 0.6) is 11.5 Å². The summed E-state index contributed by atoms with van der Waals surface area (Å²) >= 11 is 0. The van der Waals surface area contributed by atoms with Crippen LogP contribution in [0.1, 0.15) is 51.7 Å². The Morgan fingerprint density at radius 3 is 2.30 bits per heavy atom. The molecule has 0 aromatic heterocycles. The van der Waals surface area contributed by atoms with Gasteiger partial charge in [-0.05, 0) is 69.0 Å². The first-order chi connectivity index (χ1) is 15.7. The number of halogens is 1. The van der Waals surface area contributed by atoms with Crippen molar-refractivity contribution in [3.8, 4) is 11.5 Å². The molecule has 7 heteroatoms.